The Hall–Kier alpha value is -2.19. The Morgan fingerprint density at radius 2 is 1.81 bits per heavy atom. The van der Waals surface area contributed by atoms with E-state index < -0.39 is 34.8 Å². The lowest BCUT2D eigenvalue weighted by atomic mass is 9.62. The van der Waals surface area contributed by atoms with E-state index in [2.05, 4.69) is 36.7 Å². The molecule has 2 heterocycles. The fourth-order valence-corrected chi connectivity index (χ4v) is 6.89. The zero-order chi connectivity index (χ0) is 26.9. The van der Waals surface area contributed by atoms with Gasteiger partial charge in [0, 0.05) is 33.7 Å². The Morgan fingerprint density at radius 3 is 2.46 bits per heavy atom. The topological polar surface area (TPSA) is 90.5 Å². The van der Waals surface area contributed by atoms with Gasteiger partial charge in [-0.1, -0.05) is 50.0 Å². The Labute approximate surface area is 226 Å². The first-order valence-corrected chi connectivity index (χ1v) is 13.3. The molecule has 2 aromatic carbocycles. The Bertz CT molecular complexity index is 1270. The molecular weight excluding hydrogens is 516 g/mol. The fraction of sp³-hybridized carbons (Fsp3) is 0.500. The maximum atomic E-state index is 15.6. The summed E-state index contributed by atoms with van der Waals surface area (Å²) in [6.07, 6.45) is 1.41. The number of hydrogen-bond donors (Lipinski definition) is 4. The van der Waals surface area contributed by atoms with Gasteiger partial charge in [0.05, 0.1) is 11.6 Å². The number of anilines is 1. The van der Waals surface area contributed by atoms with Gasteiger partial charge in [0.25, 0.3) is 0 Å². The zero-order valence-corrected chi connectivity index (χ0v) is 22.8. The Balaban J connectivity index is 1.69. The average molecular weight is 548 g/mol. The number of halogens is 3. The molecule has 0 radical (unpaired) electrons. The fourth-order valence-electron chi connectivity index (χ4n) is 6.54. The molecule has 1 spiro atoms. The van der Waals surface area contributed by atoms with Crippen LogP contribution in [0, 0.1) is 11.2 Å². The van der Waals surface area contributed by atoms with Crippen molar-refractivity contribution in [3.63, 3.8) is 0 Å². The third-order valence-electron chi connectivity index (χ3n) is 7.92. The average Bonchev–Trinajstić information content (AvgIpc) is 3.22. The van der Waals surface area contributed by atoms with Crippen LogP contribution in [0.15, 0.2) is 36.4 Å². The highest BCUT2D eigenvalue weighted by atomic mass is 35.5. The summed E-state index contributed by atoms with van der Waals surface area (Å²) in [7, 11) is 0. The Morgan fingerprint density at radius 1 is 1.16 bits per heavy atom. The summed E-state index contributed by atoms with van der Waals surface area (Å²) < 4.78 is 15.6. The van der Waals surface area contributed by atoms with Gasteiger partial charge in [-0.15, -0.1) is 0 Å². The van der Waals surface area contributed by atoms with Crippen LogP contribution in [-0.2, 0) is 15.0 Å². The number of amides is 2. The molecule has 1 saturated carbocycles. The zero-order valence-electron chi connectivity index (χ0n) is 21.3. The monoisotopic (exact) mass is 547 g/mol. The van der Waals surface area contributed by atoms with Crippen molar-refractivity contribution in [3.8, 4) is 0 Å². The molecule has 1 saturated heterocycles. The molecule has 9 heteroatoms. The van der Waals surface area contributed by atoms with Crippen LogP contribution in [0.1, 0.15) is 64.0 Å². The van der Waals surface area contributed by atoms with Crippen molar-refractivity contribution >= 4 is 40.7 Å². The molecule has 2 aromatic rings. The molecule has 0 unspecified atom stereocenters. The number of hydrogen-bond acceptors (Lipinski definition) is 4. The third kappa shape index (κ3) is 4.54. The molecule has 5 rings (SSSR count). The van der Waals surface area contributed by atoms with E-state index in [9.17, 15) is 14.7 Å². The second-order valence-corrected chi connectivity index (χ2v) is 13.1. The van der Waals surface area contributed by atoms with E-state index in [0.29, 0.717) is 40.6 Å². The van der Waals surface area contributed by atoms with Crippen molar-refractivity contribution in [1.82, 2.24) is 10.6 Å². The van der Waals surface area contributed by atoms with Gasteiger partial charge in [-0.05, 0) is 73.1 Å². The predicted octanol–water partition coefficient (Wildman–Crippen LogP) is 4.91. The van der Waals surface area contributed by atoms with Gasteiger partial charge in [-0.2, -0.15) is 0 Å². The van der Waals surface area contributed by atoms with Crippen LogP contribution in [0.4, 0.5) is 10.1 Å². The second kappa shape index (κ2) is 8.94. The number of aliphatic hydroxyl groups is 1. The van der Waals surface area contributed by atoms with Gasteiger partial charge in [-0.25, -0.2) is 4.39 Å². The number of carbonyl (C=O) groups excluding carboxylic acids is 2. The molecular formula is C28H32Cl2FN3O3. The highest BCUT2D eigenvalue weighted by Crippen LogP contribution is 2.57. The minimum Gasteiger partial charge on any atom is -0.390 e. The maximum absolute atomic E-state index is 15.6. The minimum atomic E-state index is -1.29. The van der Waals surface area contributed by atoms with Crippen molar-refractivity contribution in [1.29, 1.82) is 0 Å². The van der Waals surface area contributed by atoms with Crippen molar-refractivity contribution in [2.75, 3.05) is 5.32 Å². The van der Waals surface area contributed by atoms with E-state index in [1.807, 2.05) is 0 Å². The van der Waals surface area contributed by atoms with Crippen LogP contribution < -0.4 is 16.0 Å². The molecule has 2 aliphatic heterocycles. The molecule has 2 amide bonds. The Kier molecular flexibility index (Phi) is 6.38. The molecule has 37 heavy (non-hydrogen) atoms. The van der Waals surface area contributed by atoms with Gasteiger partial charge >= 0.3 is 0 Å². The van der Waals surface area contributed by atoms with E-state index in [-0.39, 0.29) is 28.8 Å². The largest absolute Gasteiger partial charge is 0.390 e. The van der Waals surface area contributed by atoms with E-state index in [4.69, 9.17) is 23.2 Å². The van der Waals surface area contributed by atoms with Gasteiger partial charge < -0.3 is 21.1 Å². The summed E-state index contributed by atoms with van der Waals surface area (Å²) in [6.45, 7) is 7.93. The first-order valence-electron chi connectivity index (χ1n) is 12.6. The number of benzene rings is 2. The summed E-state index contributed by atoms with van der Waals surface area (Å²) in [5, 5.41) is 20.4. The van der Waals surface area contributed by atoms with Crippen LogP contribution >= 0.6 is 23.2 Å². The van der Waals surface area contributed by atoms with Crippen molar-refractivity contribution in [3.05, 3.63) is 63.4 Å². The first-order chi connectivity index (χ1) is 17.2. The summed E-state index contributed by atoms with van der Waals surface area (Å²) in [6, 6.07) is 7.84. The van der Waals surface area contributed by atoms with Crippen LogP contribution in [0.25, 0.3) is 0 Å². The first kappa shape index (κ1) is 26.4. The molecule has 0 bridgehead atoms. The second-order valence-electron chi connectivity index (χ2n) is 12.2. The number of rotatable bonds is 4. The summed E-state index contributed by atoms with van der Waals surface area (Å²) in [5.74, 6) is -2.07. The molecule has 6 nitrogen and oxygen atoms in total. The summed E-state index contributed by atoms with van der Waals surface area (Å²) in [5.41, 5.74) is -0.882. The lowest BCUT2D eigenvalue weighted by Crippen LogP contribution is -2.57. The van der Waals surface area contributed by atoms with E-state index in [1.165, 1.54) is 18.2 Å². The molecule has 0 aromatic heterocycles. The minimum absolute atomic E-state index is 0.199. The van der Waals surface area contributed by atoms with Crippen molar-refractivity contribution in [2.24, 2.45) is 5.41 Å². The van der Waals surface area contributed by atoms with E-state index >= 15 is 4.39 Å². The van der Waals surface area contributed by atoms with Gasteiger partial charge in [0.1, 0.15) is 11.2 Å². The molecule has 4 N–H and O–H groups in total. The lowest BCUT2D eigenvalue weighted by molar-refractivity contribution is -0.127. The lowest BCUT2D eigenvalue weighted by Gasteiger charge is -2.42. The third-order valence-corrected chi connectivity index (χ3v) is 8.39. The molecule has 1 aliphatic carbocycles. The summed E-state index contributed by atoms with van der Waals surface area (Å²) in [4.78, 5) is 27.9. The SMILES string of the molecule is CC(C)(C)C[C@H]1N[C@@H](C(=O)NC2CC(C)(O)C2)[C@H](c2cc(Cl)ccc2F)[C@@]12C(=O)Nc1cc(Cl)ccc12. The number of fused-ring (bicyclic) bond motifs is 2. The van der Waals surface area contributed by atoms with Gasteiger partial charge in [0.15, 0.2) is 0 Å². The molecule has 3 aliphatic rings. The molecule has 198 valence electrons. The molecule has 2 fully saturated rings. The standard InChI is InChI=1S/C28H32Cl2FN3O3/c1-26(2,3)13-21-28(18-7-5-15(30)10-20(18)33-25(28)36)22(17-9-14(29)6-8-19(17)31)23(34-21)24(35)32-16-11-27(4,37)12-16/h5-10,16,21-23,34,37H,11-13H2,1-4H3,(H,32,35)(H,33,36)/t16?,21-,22+,23-,27?,28+/m1/s1. The van der Waals surface area contributed by atoms with Gasteiger partial charge in [-0.3, -0.25) is 9.59 Å². The maximum Gasteiger partial charge on any atom is 0.238 e. The quantitative estimate of drug-likeness (QED) is 0.437. The van der Waals surface area contributed by atoms with E-state index in [1.54, 1.807) is 25.1 Å². The smallest absolute Gasteiger partial charge is 0.238 e. The van der Waals surface area contributed by atoms with Gasteiger partial charge in [0.2, 0.25) is 11.8 Å². The normalized spacial score (nSPS) is 32.7. The van der Waals surface area contributed by atoms with Crippen LogP contribution in [0.3, 0.4) is 0 Å². The highest BCUT2D eigenvalue weighted by molar-refractivity contribution is 6.31. The van der Waals surface area contributed by atoms with Crippen molar-refractivity contribution in [2.45, 2.75) is 82.0 Å². The van der Waals surface area contributed by atoms with E-state index in [0.717, 1.165) is 0 Å². The van der Waals surface area contributed by atoms with Crippen molar-refractivity contribution < 1.29 is 19.1 Å². The van der Waals surface area contributed by atoms with Crippen LogP contribution in [-0.4, -0.2) is 40.6 Å². The number of carbonyl (C=O) groups is 2. The van der Waals surface area contributed by atoms with Crippen LogP contribution in [0.2, 0.25) is 10.0 Å². The number of nitrogens with one attached hydrogen (secondary N) is 3. The predicted molar refractivity (Wildman–Crippen MR) is 142 cm³/mol. The van der Waals surface area contributed by atoms with Crippen LogP contribution in [0.5, 0.6) is 0 Å². The summed E-state index contributed by atoms with van der Waals surface area (Å²) >= 11 is 12.6. The highest BCUT2D eigenvalue weighted by Gasteiger charge is 2.66. The molecule has 4 atom stereocenters.